The Morgan fingerprint density at radius 3 is 2.30 bits per heavy atom. The molecule has 4 aromatic rings. The van der Waals surface area contributed by atoms with E-state index in [1.165, 1.54) is 4.90 Å². The summed E-state index contributed by atoms with van der Waals surface area (Å²) in [7, 11) is 0. The van der Waals surface area contributed by atoms with Gasteiger partial charge in [-0.15, -0.1) is 0 Å². The average molecular weight is 573 g/mol. The molecule has 2 aliphatic rings. The number of amides is 2. The summed E-state index contributed by atoms with van der Waals surface area (Å²) in [5.74, 6) is -1.89. The topological polar surface area (TPSA) is 93.6 Å². The first kappa shape index (κ1) is 28.2. The van der Waals surface area contributed by atoms with Crippen LogP contribution < -0.4 is 4.90 Å². The molecule has 6 rings (SSSR count). The van der Waals surface area contributed by atoms with Crippen LogP contribution in [0.2, 0.25) is 0 Å². The number of rotatable bonds is 6. The lowest BCUT2D eigenvalue weighted by molar-refractivity contribution is -0.122. The van der Waals surface area contributed by atoms with Gasteiger partial charge in [0.1, 0.15) is 0 Å². The molecule has 0 radical (unpaired) electrons. The highest BCUT2D eigenvalue weighted by atomic mass is 16.5. The third-order valence-electron chi connectivity index (χ3n) is 8.47. The SMILES string of the molecule is Cc1ccc(C(=O)C(C)OC(=O)c2cc(-c3ccc(N4C(=O)C5CC=CC(C)C5C4=O)cc3)nc3ccc(C)cc23)cc1. The van der Waals surface area contributed by atoms with Gasteiger partial charge >= 0.3 is 5.97 Å². The molecule has 0 bridgehead atoms. The van der Waals surface area contributed by atoms with E-state index in [0.29, 0.717) is 45.4 Å². The van der Waals surface area contributed by atoms with Gasteiger partial charge in [-0.2, -0.15) is 0 Å². The molecule has 7 heteroatoms. The Morgan fingerprint density at radius 2 is 1.60 bits per heavy atom. The minimum Gasteiger partial charge on any atom is -0.451 e. The number of anilines is 1. The van der Waals surface area contributed by atoms with Crippen LogP contribution in [-0.4, -0.2) is 34.7 Å². The number of carbonyl (C=O) groups excluding carboxylic acids is 4. The highest BCUT2D eigenvalue weighted by Crippen LogP contribution is 2.40. The van der Waals surface area contributed by atoms with Crippen molar-refractivity contribution in [1.82, 2.24) is 4.98 Å². The van der Waals surface area contributed by atoms with Crippen molar-refractivity contribution in [2.45, 2.75) is 40.2 Å². The van der Waals surface area contributed by atoms with E-state index >= 15 is 0 Å². The lowest BCUT2D eigenvalue weighted by Gasteiger charge is -2.22. The maximum atomic E-state index is 13.5. The van der Waals surface area contributed by atoms with Crippen molar-refractivity contribution in [3.63, 3.8) is 0 Å². The summed E-state index contributed by atoms with van der Waals surface area (Å²) in [6.45, 7) is 7.41. The van der Waals surface area contributed by atoms with E-state index in [4.69, 9.17) is 9.72 Å². The number of allylic oxidation sites excluding steroid dienone is 2. The molecule has 1 fully saturated rings. The molecule has 1 aliphatic carbocycles. The number of imide groups is 1. The van der Waals surface area contributed by atoms with Crippen LogP contribution in [0.5, 0.6) is 0 Å². The average Bonchev–Trinajstić information content (AvgIpc) is 3.26. The molecule has 3 aromatic carbocycles. The summed E-state index contributed by atoms with van der Waals surface area (Å²) in [6.07, 6.45) is 3.58. The number of pyridine rings is 1. The minimum absolute atomic E-state index is 0.0120. The predicted molar refractivity (Wildman–Crippen MR) is 165 cm³/mol. The van der Waals surface area contributed by atoms with Crippen molar-refractivity contribution in [2.24, 2.45) is 17.8 Å². The lowest BCUT2D eigenvalue weighted by Crippen LogP contribution is -2.31. The number of hydrogen-bond donors (Lipinski definition) is 0. The second kappa shape index (κ2) is 11.1. The van der Waals surface area contributed by atoms with E-state index in [9.17, 15) is 19.2 Å². The molecule has 0 saturated carbocycles. The number of ether oxygens (including phenoxy) is 1. The molecule has 0 spiro atoms. The third-order valence-corrected chi connectivity index (χ3v) is 8.47. The first-order chi connectivity index (χ1) is 20.6. The zero-order valence-corrected chi connectivity index (χ0v) is 24.5. The van der Waals surface area contributed by atoms with Crippen molar-refractivity contribution < 1.29 is 23.9 Å². The van der Waals surface area contributed by atoms with Crippen molar-refractivity contribution >= 4 is 40.2 Å². The van der Waals surface area contributed by atoms with E-state index in [2.05, 4.69) is 0 Å². The Hall–Kier alpha value is -4.91. The Morgan fingerprint density at radius 1 is 0.907 bits per heavy atom. The maximum Gasteiger partial charge on any atom is 0.339 e. The minimum atomic E-state index is -0.983. The van der Waals surface area contributed by atoms with Gasteiger partial charge in [0.25, 0.3) is 0 Å². The number of benzene rings is 3. The predicted octanol–water partition coefficient (Wildman–Crippen LogP) is 6.65. The number of carbonyl (C=O) groups is 4. The van der Waals surface area contributed by atoms with E-state index in [1.807, 2.05) is 63.3 Å². The fourth-order valence-corrected chi connectivity index (χ4v) is 6.07. The fourth-order valence-electron chi connectivity index (χ4n) is 6.07. The van der Waals surface area contributed by atoms with Crippen molar-refractivity contribution in [3.8, 4) is 11.3 Å². The Balaban J connectivity index is 1.30. The third kappa shape index (κ3) is 5.16. The molecule has 0 N–H and O–H groups in total. The van der Waals surface area contributed by atoms with Gasteiger partial charge in [-0.3, -0.25) is 19.3 Å². The Bertz CT molecular complexity index is 1810. The molecule has 216 valence electrons. The number of Topliss-reactive ketones (excluding diaryl/α,β-unsaturated/α-hetero) is 1. The summed E-state index contributed by atoms with van der Waals surface area (Å²) in [5, 5.41) is 0.624. The second-order valence-corrected chi connectivity index (χ2v) is 11.6. The fraction of sp³-hybridized carbons (Fsp3) is 0.250. The molecule has 4 atom stereocenters. The van der Waals surface area contributed by atoms with Gasteiger partial charge in [-0.05, 0) is 63.4 Å². The molecule has 2 heterocycles. The van der Waals surface area contributed by atoms with Gasteiger partial charge in [0.2, 0.25) is 17.6 Å². The summed E-state index contributed by atoms with van der Waals surface area (Å²) in [4.78, 5) is 59.0. The molecule has 4 unspecified atom stereocenters. The quantitative estimate of drug-likeness (QED) is 0.111. The van der Waals surface area contributed by atoms with E-state index in [1.54, 1.807) is 49.4 Å². The van der Waals surface area contributed by atoms with Crippen LogP contribution in [-0.2, 0) is 14.3 Å². The summed E-state index contributed by atoms with van der Waals surface area (Å²) in [6, 6.07) is 21.5. The first-order valence-corrected chi connectivity index (χ1v) is 14.5. The smallest absolute Gasteiger partial charge is 0.339 e. The summed E-state index contributed by atoms with van der Waals surface area (Å²) < 4.78 is 5.68. The zero-order chi connectivity index (χ0) is 30.4. The van der Waals surface area contributed by atoms with Crippen LogP contribution in [0, 0.1) is 31.6 Å². The van der Waals surface area contributed by atoms with Crippen LogP contribution in [0.25, 0.3) is 22.2 Å². The van der Waals surface area contributed by atoms with Gasteiger partial charge in [0.15, 0.2) is 6.10 Å². The molecule has 1 aliphatic heterocycles. The van der Waals surface area contributed by atoms with E-state index < -0.39 is 12.1 Å². The Labute approximate surface area is 250 Å². The van der Waals surface area contributed by atoms with Gasteiger partial charge in [0.05, 0.1) is 34.3 Å². The molecule has 1 saturated heterocycles. The van der Waals surface area contributed by atoms with Crippen LogP contribution in [0.15, 0.2) is 84.9 Å². The van der Waals surface area contributed by atoms with Crippen molar-refractivity contribution in [1.29, 1.82) is 0 Å². The molecule has 1 aromatic heterocycles. The molecular weight excluding hydrogens is 540 g/mol. The molecule has 7 nitrogen and oxygen atoms in total. The highest BCUT2D eigenvalue weighted by molar-refractivity contribution is 6.22. The van der Waals surface area contributed by atoms with Gasteiger partial charge in [-0.25, -0.2) is 9.78 Å². The number of hydrogen-bond acceptors (Lipinski definition) is 6. The largest absolute Gasteiger partial charge is 0.451 e. The number of aromatic nitrogens is 1. The number of ketones is 1. The number of aryl methyl sites for hydroxylation is 2. The lowest BCUT2D eigenvalue weighted by atomic mass is 9.78. The maximum absolute atomic E-state index is 13.5. The highest BCUT2D eigenvalue weighted by Gasteiger charge is 2.50. The van der Waals surface area contributed by atoms with Gasteiger partial charge in [-0.1, -0.05) is 72.7 Å². The summed E-state index contributed by atoms with van der Waals surface area (Å²) in [5.41, 5.74) is 5.10. The van der Waals surface area contributed by atoms with E-state index in [0.717, 1.165) is 11.1 Å². The number of fused-ring (bicyclic) bond motifs is 2. The van der Waals surface area contributed by atoms with Gasteiger partial charge < -0.3 is 4.74 Å². The molecule has 43 heavy (non-hydrogen) atoms. The van der Waals surface area contributed by atoms with Crippen molar-refractivity contribution in [3.05, 3.63) is 107 Å². The monoisotopic (exact) mass is 572 g/mol. The normalized spacial score (nSPS) is 20.3. The Kier molecular flexibility index (Phi) is 7.26. The summed E-state index contributed by atoms with van der Waals surface area (Å²) >= 11 is 0. The van der Waals surface area contributed by atoms with Crippen LogP contribution in [0.3, 0.4) is 0 Å². The van der Waals surface area contributed by atoms with Crippen LogP contribution >= 0.6 is 0 Å². The number of esters is 1. The zero-order valence-electron chi connectivity index (χ0n) is 24.5. The van der Waals surface area contributed by atoms with Crippen molar-refractivity contribution in [2.75, 3.05) is 4.90 Å². The van der Waals surface area contributed by atoms with Crippen LogP contribution in [0.1, 0.15) is 52.1 Å². The number of nitrogens with zero attached hydrogens (tertiary/aromatic N) is 2. The molecular formula is C36H32N2O5. The molecule has 2 amide bonds. The first-order valence-electron chi connectivity index (χ1n) is 14.5. The van der Waals surface area contributed by atoms with E-state index in [-0.39, 0.29) is 35.4 Å². The standard InChI is InChI=1S/C36H32N2O5/c1-20-8-11-25(12-9-20)33(39)23(4)43-36(42)29-19-31(37-30-17-10-21(2)18-28(29)30)24-13-15-26(16-14-24)38-34(40)27-7-5-6-22(3)32(27)35(38)41/h5-6,8-19,22-23,27,32H,7H2,1-4H3. The second-order valence-electron chi connectivity index (χ2n) is 11.6. The van der Waals surface area contributed by atoms with Gasteiger partial charge in [0, 0.05) is 16.5 Å². The van der Waals surface area contributed by atoms with Crippen LogP contribution in [0.4, 0.5) is 5.69 Å².